The summed E-state index contributed by atoms with van der Waals surface area (Å²) in [6, 6.07) is 17.2. The van der Waals surface area contributed by atoms with E-state index in [9.17, 15) is 22.4 Å². The number of benzene rings is 3. The van der Waals surface area contributed by atoms with Crippen molar-refractivity contribution in [3.63, 3.8) is 0 Å². The van der Waals surface area contributed by atoms with Crippen LogP contribution in [0.3, 0.4) is 0 Å². The fourth-order valence-corrected chi connectivity index (χ4v) is 3.91. The Kier molecular flexibility index (Phi) is 6.88. The summed E-state index contributed by atoms with van der Waals surface area (Å²) < 4.78 is 53.0. The summed E-state index contributed by atoms with van der Waals surface area (Å²) in [6.45, 7) is 0.0121. The first-order valence-electron chi connectivity index (χ1n) is 10.4. The zero-order chi connectivity index (χ0) is 24.3. The molecule has 3 aromatic rings. The second-order valence-electron chi connectivity index (χ2n) is 7.81. The lowest BCUT2D eigenvalue weighted by atomic mass is 10.0. The van der Waals surface area contributed by atoms with Gasteiger partial charge in [-0.15, -0.1) is 0 Å². The molecule has 1 atom stereocenters. The van der Waals surface area contributed by atoms with Gasteiger partial charge in [0.1, 0.15) is 5.82 Å². The molecule has 0 spiro atoms. The molecule has 1 aliphatic rings. The smallest absolute Gasteiger partial charge is 0.390 e. The predicted molar refractivity (Wildman–Crippen MR) is 120 cm³/mol. The molecule has 1 unspecified atom stereocenters. The maximum Gasteiger partial charge on any atom is 0.416 e. The first-order valence-corrected chi connectivity index (χ1v) is 10.8. The number of hydrogen-bond donors (Lipinski definition) is 0. The van der Waals surface area contributed by atoms with Crippen molar-refractivity contribution in [3.05, 3.63) is 106 Å². The van der Waals surface area contributed by atoms with Gasteiger partial charge in [0.2, 0.25) is 0 Å². The summed E-state index contributed by atoms with van der Waals surface area (Å²) in [7, 11) is 0. The maximum absolute atomic E-state index is 14.3. The lowest BCUT2D eigenvalue weighted by Gasteiger charge is -2.25. The van der Waals surface area contributed by atoms with Crippen LogP contribution in [0.4, 0.5) is 17.6 Å². The average Bonchev–Trinajstić information content (AvgIpc) is 3.27. The summed E-state index contributed by atoms with van der Waals surface area (Å²) >= 11 is 6.24. The standard InChI is InChI=1S/C25H19ClF4N2O2/c26-21-7-3-1-5-19(21)23-13-18(34-31-23)15-32(24(33)20-6-2-4-8-22(20)27)14-16-9-11-17(12-10-16)25(28,29)30/h1-12,18H,13-15H2. The number of oxime groups is 1. The van der Waals surface area contributed by atoms with Gasteiger partial charge in [-0.2, -0.15) is 13.2 Å². The normalized spacial score (nSPS) is 15.6. The number of halogens is 5. The van der Waals surface area contributed by atoms with Crippen LogP contribution in [-0.2, 0) is 17.6 Å². The number of rotatable bonds is 6. The van der Waals surface area contributed by atoms with E-state index in [1.54, 1.807) is 18.2 Å². The summed E-state index contributed by atoms with van der Waals surface area (Å²) in [6.07, 6.45) is -4.64. The van der Waals surface area contributed by atoms with E-state index >= 15 is 0 Å². The first-order chi connectivity index (χ1) is 16.2. The van der Waals surface area contributed by atoms with Crippen LogP contribution in [0.25, 0.3) is 0 Å². The number of nitrogens with zero attached hydrogens (tertiary/aromatic N) is 2. The highest BCUT2D eigenvalue weighted by molar-refractivity contribution is 6.34. The fraction of sp³-hybridized carbons (Fsp3) is 0.200. The van der Waals surface area contributed by atoms with E-state index in [1.807, 2.05) is 6.07 Å². The Hall–Kier alpha value is -3.39. The topological polar surface area (TPSA) is 41.9 Å². The lowest BCUT2D eigenvalue weighted by molar-refractivity contribution is -0.137. The number of carbonyl (C=O) groups excluding carboxylic acids is 1. The molecule has 4 rings (SSSR count). The highest BCUT2D eigenvalue weighted by Gasteiger charge is 2.31. The Bertz CT molecular complexity index is 1210. The monoisotopic (exact) mass is 490 g/mol. The van der Waals surface area contributed by atoms with Gasteiger partial charge in [-0.25, -0.2) is 4.39 Å². The van der Waals surface area contributed by atoms with Crippen molar-refractivity contribution in [2.45, 2.75) is 25.2 Å². The van der Waals surface area contributed by atoms with E-state index in [0.29, 0.717) is 28.3 Å². The molecule has 4 nitrogen and oxygen atoms in total. The highest BCUT2D eigenvalue weighted by atomic mass is 35.5. The van der Waals surface area contributed by atoms with Crippen molar-refractivity contribution in [2.75, 3.05) is 6.54 Å². The van der Waals surface area contributed by atoms with E-state index < -0.39 is 29.6 Å². The van der Waals surface area contributed by atoms with Gasteiger partial charge in [-0.05, 0) is 35.9 Å². The molecule has 0 N–H and O–H groups in total. The Morgan fingerprint density at radius 2 is 1.71 bits per heavy atom. The molecule has 34 heavy (non-hydrogen) atoms. The molecular weight excluding hydrogens is 472 g/mol. The third-order valence-corrected chi connectivity index (χ3v) is 5.72. The van der Waals surface area contributed by atoms with Crippen molar-refractivity contribution in [1.82, 2.24) is 4.90 Å². The van der Waals surface area contributed by atoms with Gasteiger partial charge in [-0.1, -0.05) is 59.2 Å². The number of alkyl halides is 3. The number of amides is 1. The van der Waals surface area contributed by atoms with Crippen LogP contribution >= 0.6 is 11.6 Å². The quantitative estimate of drug-likeness (QED) is 0.379. The van der Waals surface area contributed by atoms with E-state index in [2.05, 4.69) is 5.16 Å². The first kappa shape index (κ1) is 23.8. The molecule has 1 aliphatic heterocycles. The third-order valence-electron chi connectivity index (χ3n) is 5.39. The van der Waals surface area contributed by atoms with Crippen molar-refractivity contribution in [2.24, 2.45) is 5.16 Å². The lowest BCUT2D eigenvalue weighted by Crippen LogP contribution is -2.37. The van der Waals surface area contributed by atoms with E-state index in [-0.39, 0.29) is 18.7 Å². The van der Waals surface area contributed by atoms with Gasteiger partial charge in [0.25, 0.3) is 5.91 Å². The molecule has 0 aliphatic carbocycles. The van der Waals surface area contributed by atoms with Crippen LogP contribution in [0.5, 0.6) is 0 Å². The van der Waals surface area contributed by atoms with E-state index in [0.717, 1.165) is 12.1 Å². The third kappa shape index (κ3) is 5.39. The number of hydrogen-bond acceptors (Lipinski definition) is 3. The van der Waals surface area contributed by atoms with Crippen molar-refractivity contribution < 1.29 is 27.2 Å². The van der Waals surface area contributed by atoms with Gasteiger partial charge in [0.05, 0.1) is 23.4 Å². The molecule has 9 heteroatoms. The summed E-state index contributed by atoms with van der Waals surface area (Å²) in [5.41, 5.74) is 0.854. The zero-order valence-electron chi connectivity index (χ0n) is 17.7. The molecule has 0 radical (unpaired) electrons. The second-order valence-corrected chi connectivity index (χ2v) is 8.22. The van der Waals surface area contributed by atoms with Gasteiger partial charge in [0, 0.05) is 23.6 Å². The van der Waals surface area contributed by atoms with Crippen molar-refractivity contribution in [1.29, 1.82) is 0 Å². The van der Waals surface area contributed by atoms with Gasteiger partial charge in [0.15, 0.2) is 6.10 Å². The van der Waals surface area contributed by atoms with Crippen LogP contribution in [0.15, 0.2) is 78.0 Å². The number of carbonyl (C=O) groups is 1. The van der Waals surface area contributed by atoms with Crippen molar-refractivity contribution >= 4 is 23.2 Å². The summed E-state index contributed by atoms with van der Waals surface area (Å²) in [5.74, 6) is -1.29. The molecule has 0 saturated carbocycles. The Balaban J connectivity index is 1.54. The molecule has 176 valence electrons. The molecule has 1 amide bonds. The molecule has 0 fully saturated rings. The Labute approximate surface area is 198 Å². The molecule has 0 saturated heterocycles. The van der Waals surface area contributed by atoms with Gasteiger partial charge < -0.3 is 9.74 Å². The molecular formula is C25H19ClF4N2O2. The predicted octanol–water partition coefficient (Wildman–Crippen LogP) is 6.33. The van der Waals surface area contributed by atoms with Crippen LogP contribution in [0, 0.1) is 5.82 Å². The second kappa shape index (κ2) is 9.85. The van der Waals surface area contributed by atoms with E-state index in [1.165, 1.54) is 41.3 Å². The van der Waals surface area contributed by atoms with Crippen LogP contribution in [-0.4, -0.2) is 29.2 Å². The Morgan fingerprint density at radius 3 is 2.38 bits per heavy atom. The Morgan fingerprint density at radius 1 is 1.03 bits per heavy atom. The van der Waals surface area contributed by atoms with E-state index in [4.69, 9.17) is 16.4 Å². The van der Waals surface area contributed by atoms with Gasteiger partial charge in [-0.3, -0.25) is 4.79 Å². The minimum Gasteiger partial charge on any atom is -0.390 e. The maximum atomic E-state index is 14.3. The minimum absolute atomic E-state index is 0.0351. The molecule has 0 aromatic heterocycles. The fourth-order valence-electron chi connectivity index (χ4n) is 3.67. The van der Waals surface area contributed by atoms with Crippen LogP contribution in [0.2, 0.25) is 5.02 Å². The van der Waals surface area contributed by atoms with Gasteiger partial charge >= 0.3 is 6.18 Å². The van der Waals surface area contributed by atoms with Crippen molar-refractivity contribution in [3.8, 4) is 0 Å². The minimum atomic E-state index is -4.47. The van der Waals surface area contributed by atoms with Crippen LogP contribution < -0.4 is 0 Å². The average molecular weight is 491 g/mol. The molecule has 0 bridgehead atoms. The molecule has 1 heterocycles. The summed E-state index contributed by atoms with van der Waals surface area (Å²) in [5, 5.41) is 4.60. The summed E-state index contributed by atoms with van der Waals surface area (Å²) in [4.78, 5) is 20.0. The van der Waals surface area contributed by atoms with Crippen LogP contribution in [0.1, 0.15) is 33.5 Å². The molecule has 3 aromatic carbocycles. The highest BCUT2D eigenvalue weighted by Crippen LogP contribution is 2.30. The zero-order valence-corrected chi connectivity index (χ0v) is 18.5. The largest absolute Gasteiger partial charge is 0.416 e. The SMILES string of the molecule is O=C(c1ccccc1F)N(Cc1ccc(C(F)(F)F)cc1)CC1CC(c2ccccc2Cl)=NO1.